The minimum atomic E-state index is -1.22. The lowest BCUT2D eigenvalue weighted by Crippen LogP contribution is -2.35. The van der Waals surface area contributed by atoms with Gasteiger partial charge in [0.1, 0.15) is 5.82 Å². The fourth-order valence-electron chi connectivity index (χ4n) is 2.06. The summed E-state index contributed by atoms with van der Waals surface area (Å²) >= 11 is 0. The van der Waals surface area contributed by atoms with Crippen molar-refractivity contribution in [2.24, 2.45) is 0 Å². The van der Waals surface area contributed by atoms with Gasteiger partial charge in [-0.2, -0.15) is 0 Å². The van der Waals surface area contributed by atoms with Crippen molar-refractivity contribution >= 4 is 16.6 Å². The molecule has 0 saturated heterocycles. The summed E-state index contributed by atoms with van der Waals surface area (Å²) in [5, 5.41) is 0. The van der Waals surface area contributed by atoms with Gasteiger partial charge in [0, 0.05) is 5.56 Å². The largest absolute Gasteiger partial charge is 0.242 e. The molecule has 0 amide bonds. The van der Waals surface area contributed by atoms with Gasteiger partial charge in [0.25, 0.3) is 0 Å². The summed E-state index contributed by atoms with van der Waals surface area (Å²) in [6.07, 6.45) is 0.609. The zero-order chi connectivity index (χ0) is 13.5. The van der Waals surface area contributed by atoms with E-state index in [1.165, 1.54) is 6.07 Å². The maximum absolute atomic E-state index is 13.9. The first-order valence-electron chi connectivity index (χ1n) is 5.95. The molecule has 1 unspecified atom stereocenters. The van der Waals surface area contributed by atoms with Gasteiger partial charge >= 0.3 is 0 Å². The van der Waals surface area contributed by atoms with Crippen LogP contribution in [0.5, 0.6) is 0 Å². The van der Waals surface area contributed by atoms with Gasteiger partial charge in [-0.1, -0.05) is 18.7 Å². The third-order valence-electron chi connectivity index (χ3n) is 3.04. The van der Waals surface area contributed by atoms with Crippen molar-refractivity contribution in [2.45, 2.75) is 38.0 Å². The Morgan fingerprint density at radius 1 is 1.44 bits per heavy atom. The topological polar surface area (TPSA) is 29.1 Å². The quantitative estimate of drug-likeness (QED) is 0.875. The van der Waals surface area contributed by atoms with Gasteiger partial charge in [-0.25, -0.2) is 13.3 Å². The van der Waals surface area contributed by atoms with Crippen molar-refractivity contribution in [3.8, 4) is 0 Å². The van der Waals surface area contributed by atoms with E-state index in [0.717, 1.165) is 11.1 Å². The zero-order valence-electron chi connectivity index (χ0n) is 10.9. The van der Waals surface area contributed by atoms with Gasteiger partial charge in [0.15, 0.2) is 0 Å². The van der Waals surface area contributed by atoms with Crippen LogP contribution in [0.25, 0.3) is 5.57 Å². The van der Waals surface area contributed by atoms with Crippen molar-refractivity contribution in [3.63, 3.8) is 0 Å². The van der Waals surface area contributed by atoms with E-state index in [9.17, 15) is 8.60 Å². The smallest absolute Gasteiger partial charge is 0.128 e. The Morgan fingerprint density at radius 2 is 2.11 bits per heavy atom. The lowest BCUT2D eigenvalue weighted by molar-refractivity contribution is 0.568. The third-order valence-corrected chi connectivity index (χ3v) is 4.65. The van der Waals surface area contributed by atoms with Crippen LogP contribution in [0.3, 0.4) is 0 Å². The second-order valence-electron chi connectivity index (χ2n) is 5.56. The summed E-state index contributed by atoms with van der Waals surface area (Å²) in [5.41, 5.74) is 2.34. The first kappa shape index (κ1) is 13.4. The van der Waals surface area contributed by atoms with Crippen LogP contribution in [0.2, 0.25) is 0 Å². The molecular formula is C14H18FNOS. The first-order chi connectivity index (χ1) is 8.30. The molecule has 1 aliphatic rings. The first-order valence-corrected chi connectivity index (χ1v) is 7.10. The normalized spacial score (nSPS) is 20.9. The number of hydrogen-bond acceptors (Lipinski definition) is 1. The minimum Gasteiger partial charge on any atom is -0.242 e. The fourth-order valence-corrected chi connectivity index (χ4v) is 2.88. The third kappa shape index (κ3) is 2.40. The number of halogens is 1. The van der Waals surface area contributed by atoms with Gasteiger partial charge in [-0.15, -0.1) is 0 Å². The molecule has 0 fully saturated rings. The fraction of sp³-hybridized carbons (Fsp3) is 0.429. The Kier molecular flexibility index (Phi) is 3.43. The van der Waals surface area contributed by atoms with Crippen molar-refractivity contribution < 1.29 is 8.60 Å². The molecule has 2 atom stereocenters. The molecule has 0 radical (unpaired) electrons. The van der Waals surface area contributed by atoms with Crippen LogP contribution in [-0.4, -0.2) is 8.96 Å². The van der Waals surface area contributed by atoms with Crippen molar-refractivity contribution in [2.75, 3.05) is 0 Å². The van der Waals surface area contributed by atoms with Crippen molar-refractivity contribution in [1.82, 2.24) is 4.72 Å². The molecule has 0 spiro atoms. The summed E-state index contributed by atoms with van der Waals surface area (Å²) in [4.78, 5) is 0. The summed E-state index contributed by atoms with van der Waals surface area (Å²) in [5.74, 6) is -0.255. The maximum Gasteiger partial charge on any atom is 0.128 e. The lowest BCUT2D eigenvalue weighted by atomic mass is 10.1. The Labute approximate surface area is 110 Å². The van der Waals surface area contributed by atoms with E-state index < -0.39 is 11.0 Å². The van der Waals surface area contributed by atoms with E-state index in [1.54, 1.807) is 6.07 Å². The standard InChI is InChI=1S/C14H18FNOS/c1-9-8-12(16-18(17)14(2,3)4)13-10(9)6-5-7-11(13)15/h5-7,12,16H,1,8H2,2-4H3/t12-,18?/m1/s1. The van der Waals surface area contributed by atoms with E-state index in [1.807, 2.05) is 26.8 Å². The molecule has 0 aliphatic heterocycles. The van der Waals surface area contributed by atoms with Crippen LogP contribution in [0.15, 0.2) is 24.8 Å². The molecule has 2 nitrogen and oxygen atoms in total. The minimum absolute atomic E-state index is 0.242. The molecule has 98 valence electrons. The summed E-state index contributed by atoms with van der Waals surface area (Å²) in [6.45, 7) is 9.62. The van der Waals surface area contributed by atoms with Crippen LogP contribution in [0, 0.1) is 5.82 Å². The lowest BCUT2D eigenvalue weighted by Gasteiger charge is -2.22. The number of hydrogen-bond donors (Lipinski definition) is 1. The van der Waals surface area contributed by atoms with Gasteiger partial charge in [-0.05, 0) is 44.4 Å². The maximum atomic E-state index is 13.9. The molecule has 0 aromatic heterocycles. The molecule has 1 aromatic carbocycles. The molecule has 1 N–H and O–H groups in total. The Morgan fingerprint density at radius 3 is 2.72 bits per heavy atom. The molecule has 1 aliphatic carbocycles. The van der Waals surface area contributed by atoms with E-state index in [-0.39, 0.29) is 16.6 Å². The highest BCUT2D eigenvalue weighted by Gasteiger charge is 2.31. The molecule has 0 heterocycles. The Balaban J connectivity index is 2.30. The summed E-state index contributed by atoms with van der Waals surface area (Å²) < 4.78 is 28.6. The van der Waals surface area contributed by atoms with Crippen LogP contribution in [0.4, 0.5) is 4.39 Å². The molecule has 0 bridgehead atoms. The van der Waals surface area contributed by atoms with Crippen LogP contribution in [0.1, 0.15) is 44.4 Å². The predicted octanol–water partition coefficient (Wildman–Crippen LogP) is 3.34. The number of nitrogens with one attached hydrogen (secondary N) is 1. The van der Waals surface area contributed by atoms with E-state index >= 15 is 0 Å². The highest BCUT2D eigenvalue weighted by Crippen LogP contribution is 2.40. The Bertz CT molecular complexity index is 519. The van der Waals surface area contributed by atoms with Gasteiger partial charge in [-0.3, -0.25) is 0 Å². The Hall–Kier alpha value is -1.00. The van der Waals surface area contributed by atoms with E-state index in [0.29, 0.717) is 12.0 Å². The zero-order valence-corrected chi connectivity index (χ0v) is 11.7. The van der Waals surface area contributed by atoms with Gasteiger partial charge in [0.2, 0.25) is 0 Å². The number of rotatable bonds is 2. The molecule has 18 heavy (non-hydrogen) atoms. The van der Waals surface area contributed by atoms with E-state index in [4.69, 9.17) is 0 Å². The SMILES string of the molecule is C=C1C[C@@H](NS(=O)C(C)(C)C)c2c(F)cccc21. The van der Waals surface area contributed by atoms with Crippen LogP contribution >= 0.6 is 0 Å². The predicted molar refractivity (Wildman–Crippen MR) is 73.8 cm³/mol. The van der Waals surface area contributed by atoms with Crippen molar-refractivity contribution in [1.29, 1.82) is 0 Å². The molecular weight excluding hydrogens is 249 g/mol. The monoisotopic (exact) mass is 267 g/mol. The highest BCUT2D eigenvalue weighted by molar-refractivity contribution is 7.84. The summed E-state index contributed by atoms with van der Waals surface area (Å²) in [7, 11) is -1.22. The molecule has 2 rings (SSSR count). The highest BCUT2D eigenvalue weighted by atomic mass is 32.2. The average molecular weight is 267 g/mol. The second kappa shape index (κ2) is 4.59. The molecule has 4 heteroatoms. The molecule has 1 aromatic rings. The number of fused-ring (bicyclic) bond motifs is 1. The van der Waals surface area contributed by atoms with Crippen molar-refractivity contribution in [3.05, 3.63) is 41.7 Å². The second-order valence-corrected chi connectivity index (χ2v) is 7.56. The average Bonchev–Trinajstić information content (AvgIpc) is 2.56. The van der Waals surface area contributed by atoms with Crippen LogP contribution in [-0.2, 0) is 11.0 Å². The van der Waals surface area contributed by atoms with Gasteiger partial charge in [0.05, 0.1) is 21.8 Å². The van der Waals surface area contributed by atoms with Gasteiger partial charge < -0.3 is 0 Å². The van der Waals surface area contributed by atoms with Crippen LogP contribution < -0.4 is 4.72 Å². The number of benzene rings is 1. The van der Waals surface area contributed by atoms with E-state index in [2.05, 4.69) is 11.3 Å². The molecule has 0 saturated carbocycles. The summed E-state index contributed by atoms with van der Waals surface area (Å²) in [6, 6.07) is 4.74.